The fourth-order valence-corrected chi connectivity index (χ4v) is 1.75. The Hall–Kier alpha value is -1.58. The molecule has 1 aromatic heterocycles. The van der Waals surface area contributed by atoms with Crippen LogP contribution in [0.25, 0.3) is 0 Å². The second kappa shape index (κ2) is 8.50. The largest absolute Gasteiger partial charge is 0.370 e. The van der Waals surface area contributed by atoms with Crippen LogP contribution in [-0.4, -0.2) is 24.0 Å². The Morgan fingerprint density at radius 3 is 2.83 bits per heavy atom. The number of unbranched alkanes of at least 4 members (excludes halogenated alkanes) is 3. The number of carbonyl (C=O) groups is 1. The summed E-state index contributed by atoms with van der Waals surface area (Å²) in [5.74, 6) is 0.613. The van der Waals surface area contributed by atoms with E-state index in [0.717, 1.165) is 19.5 Å². The number of carbonyl (C=O) groups excluding carboxylic acids is 1. The molecule has 0 radical (unpaired) electrons. The van der Waals surface area contributed by atoms with Gasteiger partial charge in [0.25, 0.3) is 5.91 Å². The molecule has 18 heavy (non-hydrogen) atoms. The molecule has 0 unspecified atom stereocenters. The fourth-order valence-electron chi connectivity index (χ4n) is 1.75. The van der Waals surface area contributed by atoms with Gasteiger partial charge < -0.3 is 10.6 Å². The van der Waals surface area contributed by atoms with Crippen molar-refractivity contribution in [3.05, 3.63) is 23.9 Å². The first-order chi connectivity index (χ1) is 8.79. The van der Waals surface area contributed by atoms with Crippen molar-refractivity contribution in [3.8, 4) is 0 Å². The number of hydrogen-bond donors (Lipinski definition) is 2. The van der Waals surface area contributed by atoms with Crippen molar-refractivity contribution in [1.82, 2.24) is 10.3 Å². The first-order valence-corrected chi connectivity index (χ1v) is 6.76. The minimum absolute atomic E-state index is 0.0458. The smallest absolute Gasteiger partial charge is 0.255 e. The normalized spacial score (nSPS) is 10.1. The van der Waals surface area contributed by atoms with Crippen LogP contribution in [0.5, 0.6) is 0 Å². The molecule has 0 aromatic carbocycles. The predicted molar refractivity (Wildman–Crippen MR) is 74.9 cm³/mol. The van der Waals surface area contributed by atoms with Crippen molar-refractivity contribution >= 4 is 11.7 Å². The van der Waals surface area contributed by atoms with E-state index in [-0.39, 0.29) is 5.91 Å². The van der Waals surface area contributed by atoms with E-state index in [2.05, 4.69) is 22.5 Å². The summed E-state index contributed by atoms with van der Waals surface area (Å²) in [4.78, 5) is 16.2. The monoisotopic (exact) mass is 249 g/mol. The Bertz CT molecular complexity index is 366. The third-order valence-corrected chi connectivity index (χ3v) is 2.71. The van der Waals surface area contributed by atoms with Crippen molar-refractivity contribution in [2.45, 2.75) is 39.5 Å². The molecule has 4 heteroatoms. The molecule has 1 amide bonds. The van der Waals surface area contributed by atoms with Gasteiger partial charge in [-0.2, -0.15) is 0 Å². The number of amides is 1. The maximum Gasteiger partial charge on any atom is 0.255 e. The van der Waals surface area contributed by atoms with Gasteiger partial charge in [0.05, 0.1) is 5.56 Å². The van der Waals surface area contributed by atoms with Gasteiger partial charge in [0, 0.05) is 19.3 Å². The second-order valence-electron chi connectivity index (χ2n) is 4.25. The Morgan fingerprint density at radius 2 is 2.11 bits per heavy atom. The van der Waals surface area contributed by atoms with Gasteiger partial charge >= 0.3 is 0 Å². The first kappa shape index (κ1) is 14.5. The number of rotatable bonds is 8. The fraction of sp³-hybridized carbons (Fsp3) is 0.571. The molecular formula is C14H23N3O. The Kier molecular flexibility index (Phi) is 6.84. The SMILES string of the molecule is CCCCCCNC(=O)c1cccnc1NCC. The van der Waals surface area contributed by atoms with E-state index in [1.54, 1.807) is 18.3 Å². The van der Waals surface area contributed by atoms with Crippen molar-refractivity contribution in [2.75, 3.05) is 18.4 Å². The molecule has 2 N–H and O–H groups in total. The highest BCUT2D eigenvalue weighted by molar-refractivity contribution is 5.98. The molecule has 0 saturated carbocycles. The number of nitrogens with zero attached hydrogens (tertiary/aromatic N) is 1. The third kappa shape index (κ3) is 4.73. The summed E-state index contributed by atoms with van der Waals surface area (Å²) in [6, 6.07) is 3.58. The zero-order valence-electron chi connectivity index (χ0n) is 11.3. The molecule has 1 heterocycles. The van der Waals surface area contributed by atoms with Crippen LogP contribution in [0.1, 0.15) is 49.9 Å². The molecule has 1 aromatic rings. The summed E-state index contributed by atoms with van der Waals surface area (Å²) in [7, 11) is 0. The number of hydrogen-bond acceptors (Lipinski definition) is 3. The lowest BCUT2D eigenvalue weighted by Crippen LogP contribution is -2.25. The molecule has 0 aliphatic rings. The second-order valence-corrected chi connectivity index (χ2v) is 4.25. The number of pyridine rings is 1. The Labute approximate surface area is 109 Å². The average Bonchev–Trinajstić information content (AvgIpc) is 2.39. The standard InChI is InChI=1S/C14H23N3O/c1-3-5-6-7-10-17-14(18)12-9-8-11-16-13(12)15-4-2/h8-9,11H,3-7,10H2,1-2H3,(H,15,16)(H,17,18). The van der Waals surface area contributed by atoms with E-state index in [9.17, 15) is 4.79 Å². The van der Waals surface area contributed by atoms with Gasteiger partial charge in [-0.25, -0.2) is 4.98 Å². The highest BCUT2D eigenvalue weighted by atomic mass is 16.1. The first-order valence-electron chi connectivity index (χ1n) is 6.76. The summed E-state index contributed by atoms with van der Waals surface area (Å²) in [6.07, 6.45) is 6.34. The lowest BCUT2D eigenvalue weighted by molar-refractivity contribution is 0.0953. The van der Waals surface area contributed by atoms with E-state index >= 15 is 0 Å². The summed E-state index contributed by atoms with van der Waals surface area (Å²) >= 11 is 0. The lowest BCUT2D eigenvalue weighted by atomic mass is 10.2. The van der Waals surface area contributed by atoms with Gasteiger partial charge in [0.2, 0.25) is 0 Å². The third-order valence-electron chi connectivity index (χ3n) is 2.71. The average molecular weight is 249 g/mol. The van der Waals surface area contributed by atoms with E-state index in [4.69, 9.17) is 0 Å². The van der Waals surface area contributed by atoms with Crippen LogP contribution in [0.15, 0.2) is 18.3 Å². The lowest BCUT2D eigenvalue weighted by Gasteiger charge is -2.09. The van der Waals surface area contributed by atoms with Crippen LogP contribution in [0.3, 0.4) is 0 Å². The van der Waals surface area contributed by atoms with Crippen LogP contribution >= 0.6 is 0 Å². The van der Waals surface area contributed by atoms with Gasteiger partial charge in [-0.1, -0.05) is 26.2 Å². The van der Waals surface area contributed by atoms with E-state index in [1.165, 1.54) is 19.3 Å². The summed E-state index contributed by atoms with van der Waals surface area (Å²) in [6.45, 7) is 5.66. The highest BCUT2D eigenvalue weighted by Crippen LogP contribution is 2.10. The van der Waals surface area contributed by atoms with Crippen LogP contribution in [0.2, 0.25) is 0 Å². The predicted octanol–water partition coefficient (Wildman–Crippen LogP) is 2.82. The zero-order valence-corrected chi connectivity index (χ0v) is 11.3. The minimum atomic E-state index is -0.0458. The van der Waals surface area contributed by atoms with Crippen LogP contribution in [-0.2, 0) is 0 Å². The topological polar surface area (TPSA) is 54.0 Å². The Balaban J connectivity index is 2.45. The van der Waals surface area contributed by atoms with Gasteiger partial charge in [0.15, 0.2) is 0 Å². The molecule has 0 spiro atoms. The van der Waals surface area contributed by atoms with E-state index in [0.29, 0.717) is 11.4 Å². The Morgan fingerprint density at radius 1 is 1.28 bits per heavy atom. The summed E-state index contributed by atoms with van der Waals surface area (Å²) in [5.41, 5.74) is 0.620. The van der Waals surface area contributed by atoms with Gasteiger partial charge in [-0.15, -0.1) is 0 Å². The molecule has 0 atom stereocenters. The van der Waals surface area contributed by atoms with Gasteiger partial charge in [0.1, 0.15) is 5.82 Å². The zero-order chi connectivity index (χ0) is 13.2. The number of aromatic nitrogens is 1. The molecule has 4 nitrogen and oxygen atoms in total. The highest BCUT2D eigenvalue weighted by Gasteiger charge is 2.10. The molecule has 0 fully saturated rings. The van der Waals surface area contributed by atoms with Gasteiger partial charge in [-0.3, -0.25) is 4.79 Å². The number of anilines is 1. The number of nitrogens with one attached hydrogen (secondary N) is 2. The quantitative estimate of drug-likeness (QED) is 0.697. The molecule has 0 aliphatic carbocycles. The van der Waals surface area contributed by atoms with Crippen LogP contribution < -0.4 is 10.6 Å². The maximum atomic E-state index is 12.0. The van der Waals surface area contributed by atoms with Crippen molar-refractivity contribution < 1.29 is 4.79 Å². The molecule has 100 valence electrons. The van der Waals surface area contributed by atoms with Crippen LogP contribution in [0, 0.1) is 0 Å². The van der Waals surface area contributed by atoms with Crippen molar-refractivity contribution in [1.29, 1.82) is 0 Å². The van der Waals surface area contributed by atoms with Gasteiger partial charge in [-0.05, 0) is 25.5 Å². The molecule has 0 saturated heterocycles. The molecule has 0 aliphatic heterocycles. The summed E-state index contributed by atoms with van der Waals surface area (Å²) in [5, 5.41) is 6.03. The molecule has 1 rings (SSSR count). The van der Waals surface area contributed by atoms with E-state index in [1.807, 2.05) is 6.92 Å². The van der Waals surface area contributed by atoms with Crippen LogP contribution in [0.4, 0.5) is 5.82 Å². The van der Waals surface area contributed by atoms with Crippen molar-refractivity contribution in [2.24, 2.45) is 0 Å². The van der Waals surface area contributed by atoms with E-state index < -0.39 is 0 Å². The maximum absolute atomic E-state index is 12.0. The van der Waals surface area contributed by atoms with Crippen molar-refractivity contribution in [3.63, 3.8) is 0 Å². The molecular weight excluding hydrogens is 226 g/mol. The minimum Gasteiger partial charge on any atom is -0.370 e. The summed E-state index contributed by atoms with van der Waals surface area (Å²) < 4.78 is 0. The molecule has 0 bridgehead atoms.